The first-order chi connectivity index (χ1) is 7.58. The summed E-state index contributed by atoms with van der Waals surface area (Å²) in [6, 6.07) is 4.90. The number of rotatable bonds is 2. The highest BCUT2D eigenvalue weighted by molar-refractivity contribution is 5.50. The van der Waals surface area contributed by atoms with Gasteiger partial charge in [0.25, 0.3) is 0 Å². The third kappa shape index (κ3) is 2.18. The second-order valence-corrected chi connectivity index (χ2v) is 4.39. The Balaban J connectivity index is 2.22. The number of benzene rings is 1. The maximum absolute atomic E-state index is 13.8. The first-order valence-electron chi connectivity index (χ1n) is 5.56. The molecule has 2 atom stereocenters. The maximum Gasteiger partial charge on any atom is 0.146 e. The van der Waals surface area contributed by atoms with Gasteiger partial charge < -0.3 is 15.7 Å². The fourth-order valence-corrected chi connectivity index (χ4v) is 2.02. The van der Waals surface area contributed by atoms with E-state index < -0.39 is 0 Å². The van der Waals surface area contributed by atoms with E-state index in [-0.39, 0.29) is 18.0 Å². The minimum atomic E-state index is -0.340. The molecule has 0 aliphatic carbocycles. The Labute approximate surface area is 94.7 Å². The molecule has 1 aliphatic heterocycles. The molecule has 88 valence electrons. The summed E-state index contributed by atoms with van der Waals surface area (Å²) >= 11 is 0. The van der Waals surface area contributed by atoms with E-state index in [0.29, 0.717) is 25.2 Å². The highest BCUT2D eigenvalue weighted by atomic mass is 19.1. The minimum absolute atomic E-state index is 0.160. The van der Waals surface area contributed by atoms with Crippen LogP contribution in [0.15, 0.2) is 18.2 Å². The van der Waals surface area contributed by atoms with Crippen LogP contribution >= 0.6 is 0 Å². The third-order valence-corrected chi connectivity index (χ3v) is 3.00. The SMILES string of the molecule is C[C@@H](N)c1ccc(N2CCC(O)C2)c(F)c1. The van der Waals surface area contributed by atoms with Crippen LogP contribution in [0.1, 0.15) is 24.9 Å². The van der Waals surface area contributed by atoms with Crippen molar-refractivity contribution in [2.24, 2.45) is 5.73 Å². The molecule has 2 rings (SSSR count). The molecule has 1 unspecified atom stereocenters. The molecule has 1 aliphatic rings. The number of nitrogens with two attached hydrogens (primary N) is 1. The summed E-state index contributed by atoms with van der Waals surface area (Å²) < 4.78 is 13.8. The van der Waals surface area contributed by atoms with Gasteiger partial charge in [-0.15, -0.1) is 0 Å². The molecular formula is C12H17FN2O. The maximum atomic E-state index is 13.8. The quantitative estimate of drug-likeness (QED) is 0.798. The van der Waals surface area contributed by atoms with Gasteiger partial charge in [0, 0.05) is 19.1 Å². The van der Waals surface area contributed by atoms with Crippen LogP contribution in [0.3, 0.4) is 0 Å². The molecule has 0 radical (unpaired) electrons. The van der Waals surface area contributed by atoms with Crippen LogP contribution in [0.5, 0.6) is 0 Å². The van der Waals surface area contributed by atoms with Crippen LogP contribution in [-0.2, 0) is 0 Å². The summed E-state index contributed by atoms with van der Waals surface area (Å²) in [5.74, 6) is -0.260. The molecule has 0 spiro atoms. The van der Waals surface area contributed by atoms with Crippen LogP contribution in [0.2, 0.25) is 0 Å². The molecular weight excluding hydrogens is 207 g/mol. The van der Waals surface area contributed by atoms with E-state index in [9.17, 15) is 9.50 Å². The van der Waals surface area contributed by atoms with Gasteiger partial charge in [0.1, 0.15) is 5.82 Å². The van der Waals surface area contributed by atoms with Crippen molar-refractivity contribution in [1.82, 2.24) is 0 Å². The van der Waals surface area contributed by atoms with E-state index in [1.54, 1.807) is 6.07 Å². The lowest BCUT2D eigenvalue weighted by Crippen LogP contribution is -2.22. The molecule has 0 aromatic heterocycles. The highest BCUT2D eigenvalue weighted by Gasteiger charge is 2.22. The summed E-state index contributed by atoms with van der Waals surface area (Å²) in [6.45, 7) is 3.04. The predicted octanol–water partition coefficient (Wildman–Crippen LogP) is 1.42. The van der Waals surface area contributed by atoms with Gasteiger partial charge >= 0.3 is 0 Å². The molecule has 0 amide bonds. The summed E-state index contributed by atoms with van der Waals surface area (Å²) in [4.78, 5) is 1.87. The summed E-state index contributed by atoms with van der Waals surface area (Å²) in [7, 11) is 0. The molecule has 0 saturated carbocycles. The van der Waals surface area contributed by atoms with E-state index in [2.05, 4.69) is 0 Å². The van der Waals surface area contributed by atoms with Crippen LogP contribution < -0.4 is 10.6 Å². The molecule has 1 heterocycles. The van der Waals surface area contributed by atoms with Gasteiger partial charge in [0.05, 0.1) is 11.8 Å². The van der Waals surface area contributed by atoms with Crippen LogP contribution in [-0.4, -0.2) is 24.3 Å². The lowest BCUT2D eigenvalue weighted by molar-refractivity contribution is 0.198. The first kappa shape index (κ1) is 11.4. The summed E-state index contributed by atoms with van der Waals surface area (Å²) in [5.41, 5.74) is 7.04. The zero-order chi connectivity index (χ0) is 11.7. The van der Waals surface area contributed by atoms with Crippen molar-refractivity contribution in [3.63, 3.8) is 0 Å². The van der Waals surface area contributed by atoms with E-state index in [1.165, 1.54) is 6.07 Å². The molecule has 1 saturated heterocycles. The summed E-state index contributed by atoms with van der Waals surface area (Å²) in [5, 5.41) is 9.41. The van der Waals surface area contributed by atoms with Gasteiger partial charge in [-0.25, -0.2) is 4.39 Å². The fraction of sp³-hybridized carbons (Fsp3) is 0.500. The second kappa shape index (κ2) is 4.39. The Morgan fingerprint density at radius 2 is 2.31 bits per heavy atom. The Morgan fingerprint density at radius 3 is 2.81 bits per heavy atom. The number of aliphatic hydroxyl groups is 1. The predicted molar refractivity (Wildman–Crippen MR) is 61.8 cm³/mol. The average Bonchev–Trinajstić information content (AvgIpc) is 2.64. The number of hydrogen-bond donors (Lipinski definition) is 2. The van der Waals surface area contributed by atoms with Crippen molar-refractivity contribution in [3.8, 4) is 0 Å². The van der Waals surface area contributed by atoms with Crippen molar-refractivity contribution in [2.45, 2.75) is 25.5 Å². The molecule has 1 aromatic carbocycles. The monoisotopic (exact) mass is 224 g/mol. The second-order valence-electron chi connectivity index (χ2n) is 4.39. The standard InChI is InChI=1S/C12H17FN2O/c1-8(14)9-2-3-12(11(13)6-9)15-5-4-10(16)7-15/h2-3,6,8,10,16H,4-5,7,14H2,1H3/t8-,10?/m1/s1. The molecule has 16 heavy (non-hydrogen) atoms. The highest BCUT2D eigenvalue weighted by Crippen LogP contribution is 2.25. The van der Waals surface area contributed by atoms with Crippen LogP contribution in [0.4, 0.5) is 10.1 Å². The molecule has 1 fully saturated rings. The van der Waals surface area contributed by atoms with Crippen molar-refractivity contribution >= 4 is 5.69 Å². The Hall–Kier alpha value is -1.13. The molecule has 4 heteroatoms. The number of β-amino-alcohol motifs (C(OH)–C–C–N with tert-alkyl or cyclic N) is 1. The number of hydrogen-bond acceptors (Lipinski definition) is 3. The lowest BCUT2D eigenvalue weighted by Gasteiger charge is -2.19. The van der Waals surface area contributed by atoms with Crippen molar-refractivity contribution in [3.05, 3.63) is 29.6 Å². The van der Waals surface area contributed by atoms with Gasteiger partial charge in [0.2, 0.25) is 0 Å². The fourth-order valence-electron chi connectivity index (χ4n) is 2.02. The first-order valence-corrected chi connectivity index (χ1v) is 5.56. The third-order valence-electron chi connectivity index (χ3n) is 3.00. The Morgan fingerprint density at radius 1 is 1.56 bits per heavy atom. The largest absolute Gasteiger partial charge is 0.391 e. The average molecular weight is 224 g/mol. The lowest BCUT2D eigenvalue weighted by atomic mass is 10.1. The number of aliphatic hydroxyl groups excluding tert-OH is 1. The van der Waals surface area contributed by atoms with Gasteiger partial charge in [-0.05, 0) is 31.0 Å². The zero-order valence-corrected chi connectivity index (χ0v) is 9.36. The number of nitrogens with zero attached hydrogens (tertiary/aromatic N) is 1. The van der Waals surface area contributed by atoms with Crippen molar-refractivity contribution in [2.75, 3.05) is 18.0 Å². The van der Waals surface area contributed by atoms with E-state index in [4.69, 9.17) is 5.73 Å². The van der Waals surface area contributed by atoms with Crippen LogP contribution in [0, 0.1) is 5.82 Å². The van der Waals surface area contributed by atoms with Crippen molar-refractivity contribution in [1.29, 1.82) is 0 Å². The summed E-state index contributed by atoms with van der Waals surface area (Å²) in [6.07, 6.45) is 0.363. The topological polar surface area (TPSA) is 49.5 Å². The normalized spacial score (nSPS) is 22.5. The molecule has 3 N–H and O–H groups in total. The Bertz CT molecular complexity index is 381. The molecule has 3 nitrogen and oxygen atoms in total. The zero-order valence-electron chi connectivity index (χ0n) is 9.36. The van der Waals surface area contributed by atoms with Gasteiger partial charge in [0.15, 0.2) is 0 Å². The van der Waals surface area contributed by atoms with Crippen LogP contribution in [0.25, 0.3) is 0 Å². The smallest absolute Gasteiger partial charge is 0.146 e. The van der Waals surface area contributed by atoms with E-state index >= 15 is 0 Å². The number of anilines is 1. The van der Waals surface area contributed by atoms with E-state index in [1.807, 2.05) is 17.9 Å². The van der Waals surface area contributed by atoms with E-state index in [0.717, 1.165) is 5.56 Å². The number of halogens is 1. The Kier molecular flexibility index (Phi) is 3.12. The van der Waals surface area contributed by atoms with Crippen molar-refractivity contribution < 1.29 is 9.50 Å². The minimum Gasteiger partial charge on any atom is -0.391 e. The van der Waals surface area contributed by atoms with Gasteiger partial charge in [-0.3, -0.25) is 0 Å². The molecule has 1 aromatic rings. The molecule has 0 bridgehead atoms. The van der Waals surface area contributed by atoms with Gasteiger partial charge in [-0.1, -0.05) is 6.07 Å². The van der Waals surface area contributed by atoms with Gasteiger partial charge in [-0.2, -0.15) is 0 Å².